The molecular weight excluding hydrogens is 188 g/mol. The van der Waals surface area contributed by atoms with Crippen LogP contribution in [0, 0.1) is 0 Å². The van der Waals surface area contributed by atoms with Gasteiger partial charge in [0.05, 0.1) is 0 Å². The van der Waals surface area contributed by atoms with Gasteiger partial charge in [0, 0.05) is 14.2 Å². The minimum atomic E-state index is -0.237. The molecule has 0 bridgehead atoms. The Morgan fingerprint density at radius 1 is 1.13 bits per heavy atom. The molecule has 0 atom stereocenters. The maximum Gasteiger partial charge on any atom is 0.176 e. The molecule has 0 heterocycles. The second-order valence-corrected chi connectivity index (χ2v) is 3.72. The van der Waals surface area contributed by atoms with Crippen molar-refractivity contribution in [3.63, 3.8) is 0 Å². The van der Waals surface area contributed by atoms with Gasteiger partial charge in [0.25, 0.3) is 0 Å². The summed E-state index contributed by atoms with van der Waals surface area (Å²) < 4.78 is 10.2. The molecule has 0 aliphatic carbocycles. The highest BCUT2D eigenvalue weighted by atomic mass is 16.7. The normalized spacial score (nSPS) is 13.7. The summed E-state index contributed by atoms with van der Waals surface area (Å²) in [7, 11) is 3.29. The molecule has 0 aromatic carbocycles. The number of unbranched alkanes of at least 4 members (excludes halogenated alkanes) is 2. The molecule has 0 radical (unpaired) electrons. The van der Waals surface area contributed by atoms with Crippen LogP contribution in [0.3, 0.4) is 0 Å². The zero-order valence-electron chi connectivity index (χ0n) is 10.7. The third-order valence-corrected chi connectivity index (χ3v) is 2.48. The lowest BCUT2D eigenvalue weighted by Gasteiger charge is -2.10. The van der Waals surface area contributed by atoms with Gasteiger partial charge in [0.2, 0.25) is 0 Å². The van der Waals surface area contributed by atoms with E-state index >= 15 is 0 Å². The molecule has 2 nitrogen and oxygen atoms in total. The second-order valence-electron chi connectivity index (χ2n) is 3.72. The first-order valence-electron chi connectivity index (χ1n) is 5.56. The van der Waals surface area contributed by atoms with Crippen LogP contribution in [0.4, 0.5) is 0 Å². The molecule has 15 heavy (non-hydrogen) atoms. The molecule has 0 aromatic heterocycles. The van der Waals surface area contributed by atoms with Crippen molar-refractivity contribution in [2.75, 3.05) is 14.2 Å². The van der Waals surface area contributed by atoms with Gasteiger partial charge in [0.1, 0.15) is 0 Å². The first-order valence-corrected chi connectivity index (χ1v) is 5.56. The zero-order chi connectivity index (χ0) is 11.7. The highest BCUT2D eigenvalue weighted by Crippen LogP contribution is 2.12. The molecule has 0 aromatic rings. The molecule has 0 aliphatic heterocycles. The summed E-state index contributed by atoms with van der Waals surface area (Å²) in [5.41, 5.74) is 2.53. The van der Waals surface area contributed by atoms with E-state index in [0.717, 1.165) is 6.42 Å². The molecule has 2 heteroatoms. The number of hydrogen-bond donors (Lipinski definition) is 0. The Morgan fingerprint density at radius 3 is 2.20 bits per heavy atom. The van der Waals surface area contributed by atoms with Crippen molar-refractivity contribution in [2.24, 2.45) is 0 Å². The second kappa shape index (κ2) is 8.69. The van der Waals surface area contributed by atoms with Crippen LogP contribution in [0.2, 0.25) is 0 Å². The molecule has 88 valence electrons. The van der Waals surface area contributed by atoms with Gasteiger partial charge in [-0.2, -0.15) is 0 Å². The van der Waals surface area contributed by atoms with E-state index in [2.05, 4.69) is 26.8 Å². The molecule has 0 saturated heterocycles. The van der Waals surface area contributed by atoms with Crippen molar-refractivity contribution in [3.8, 4) is 0 Å². The number of allylic oxidation sites excluding steroid dienone is 3. The highest BCUT2D eigenvalue weighted by molar-refractivity contribution is 5.27. The monoisotopic (exact) mass is 212 g/mol. The van der Waals surface area contributed by atoms with Crippen LogP contribution >= 0.6 is 0 Å². The minimum Gasteiger partial charge on any atom is -0.352 e. The average molecular weight is 212 g/mol. The first kappa shape index (κ1) is 14.4. The van der Waals surface area contributed by atoms with Crippen molar-refractivity contribution in [3.05, 3.63) is 23.3 Å². The van der Waals surface area contributed by atoms with Crippen LogP contribution < -0.4 is 0 Å². The van der Waals surface area contributed by atoms with Crippen LogP contribution in [0.15, 0.2) is 23.3 Å². The minimum absolute atomic E-state index is 0.237. The fourth-order valence-electron chi connectivity index (χ4n) is 1.25. The SMILES string of the molecule is CCCC/C=C(C)/C(C)=C/C(OC)OC. The van der Waals surface area contributed by atoms with Crippen LogP contribution in [0.1, 0.15) is 40.0 Å². The maximum absolute atomic E-state index is 5.12. The lowest BCUT2D eigenvalue weighted by Crippen LogP contribution is -2.09. The fourth-order valence-corrected chi connectivity index (χ4v) is 1.25. The van der Waals surface area contributed by atoms with Gasteiger partial charge in [-0.05, 0) is 31.9 Å². The van der Waals surface area contributed by atoms with E-state index in [-0.39, 0.29) is 6.29 Å². The first-order chi connectivity index (χ1) is 7.15. The van der Waals surface area contributed by atoms with E-state index < -0.39 is 0 Å². The summed E-state index contributed by atoms with van der Waals surface area (Å²) in [6.45, 7) is 6.42. The van der Waals surface area contributed by atoms with Crippen LogP contribution in [0.5, 0.6) is 0 Å². The average Bonchev–Trinajstić information content (AvgIpc) is 2.25. The number of rotatable bonds is 7. The Labute approximate surface area is 94.0 Å². The summed E-state index contributed by atoms with van der Waals surface area (Å²) in [5, 5.41) is 0. The van der Waals surface area contributed by atoms with E-state index in [1.807, 2.05) is 6.08 Å². The quantitative estimate of drug-likeness (QED) is 0.364. The Balaban J connectivity index is 4.27. The van der Waals surface area contributed by atoms with Gasteiger partial charge in [-0.1, -0.05) is 31.4 Å². The molecule has 0 fully saturated rings. The highest BCUT2D eigenvalue weighted by Gasteiger charge is 2.01. The van der Waals surface area contributed by atoms with E-state index in [1.54, 1.807) is 14.2 Å². The Bertz CT molecular complexity index is 213. The molecule has 0 rings (SSSR count). The van der Waals surface area contributed by atoms with Gasteiger partial charge < -0.3 is 9.47 Å². The van der Waals surface area contributed by atoms with E-state index in [0.29, 0.717) is 0 Å². The molecule has 0 unspecified atom stereocenters. The van der Waals surface area contributed by atoms with E-state index in [1.165, 1.54) is 24.0 Å². The predicted molar refractivity (Wildman–Crippen MR) is 64.8 cm³/mol. The lowest BCUT2D eigenvalue weighted by atomic mass is 10.1. The third kappa shape index (κ3) is 6.47. The molecule has 0 amide bonds. The van der Waals surface area contributed by atoms with Crippen molar-refractivity contribution in [1.82, 2.24) is 0 Å². The largest absolute Gasteiger partial charge is 0.352 e. The summed E-state index contributed by atoms with van der Waals surface area (Å²) in [6, 6.07) is 0. The van der Waals surface area contributed by atoms with Gasteiger partial charge in [0.15, 0.2) is 6.29 Å². The topological polar surface area (TPSA) is 18.5 Å². The van der Waals surface area contributed by atoms with Gasteiger partial charge in [-0.15, -0.1) is 0 Å². The molecule has 0 saturated carbocycles. The van der Waals surface area contributed by atoms with Gasteiger partial charge >= 0.3 is 0 Å². The molecule has 0 N–H and O–H groups in total. The summed E-state index contributed by atoms with van der Waals surface area (Å²) in [5.74, 6) is 0. The summed E-state index contributed by atoms with van der Waals surface area (Å²) in [6.07, 6.45) is 7.68. The Hall–Kier alpha value is -0.600. The Morgan fingerprint density at radius 2 is 1.73 bits per heavy atom. The van der Waals surface area contributed by atoms with Crippen LogP contribution in [0.25, 0.3) is 0 Å². The number of hydrogen-bond acceptors (Lipinski definition) is 2. The van der Waals surface area contributed by atoms with E-state index in [9.17, 15) is 0 Å². The standard InChI is InChI=1S/C13H24O2/c1-6-7-8-9-11(2)12(3)10-13(14-4)15-5/h9-10,13H,6-8H2,1-5H3/b11-9+,12-10+. The lowest BCUT2D eigenvalue weighted by molar-refractivity contribution is -0.0670. The predicted octanol–water partition coefficient (Wildman–Crippen LogP) is 3.69. The maximum atomic E-state index is 5.12. The zero-order valence-corrected chi connectivity index (χ0v) is 10.7. The van der Waals surface area contributed by atoms with Crippen molar-refractivity contribution >= 4 is 0 Å². The number of methoxy groups -OCH3 is 2. The Kier molecular flexibility index (Phi) is 8.34. The van der Waals surface area contributed by atoms with Gasteiger partial charge in [-0.3, -0.25) is 0 Å². The molecule has 0 aliphatic rings. The smallest absolute Gasteiger partial charge is 0.176 e. The van der Waals surface area contributed by atoms with Gasteiger partial charge in [-0.25, -0.2) is 0 Å². The van der Waals surface area contributed by atoms with Crippen molar-refractivity contribution in [2.45, 2.75) is 46.3 Å². The fraction of sp³-hybridized carbons (Fsp3) is 0.692. The molecule has 0 spiro atoms. The van der Waals surface area contributed by atoms with Crippen molar-refractivity contribution < 1.29 is 9.47 Å². The van der Waals surface area contributed by atoms with Crippen LogP contribution in [-0.2, 0) is 9.47 Å². The van der Waals surface area contributed by atoms with Crippen LogP contribution in [-0.4, -0.2) is 20.5 Å². The molecular formula is C13H24O2. The third-order valence-electron chi connectivity index (χ3n) is 2.48. The summed E-state index contributed by atoms with van der Waals surface area (Å²) >= 11 is 0. The number of ether oxygens (including phenoxy) is 2. The summed E-state index contributed by atoms with van der Waals surface area (Å²) in [4.78, 5) is 0. The van der Waals surface area contributed by atoms with Crippen molar-refractivity contribution in [1.29, 1.82) is 0 Å². The van der Waals surface area contributed by atoms with E-state index in [4.69, 9.17) is 9.47 Å².